The van der Waals surface area contributed by atoms with Gasteiger partial charge in [-0.3, -0.25) is 4.79 Å². The number of nitrogens with two attached hydrogens (primary N) is 2. The number of methoxy groups -OCH3 is 1. The number of carbonyl (C=O) groups is 2. The molecule has 1 aliphatic rings. The highest BCUT2D eigenvalue weighted by Crippen LogP contribution is 2.32. The first kappa shape index (κ1) is 17.2. The topological polar surface area (TPSA) is 95.4 Å². The van der Waals surface area contributed by atoms with Gasteiger partial charge in [0.25, 0.3) is 0 Å². The van der Waals surface area contributed by atoms with Gasteiger partial charge >= 0.3 is 5.97 Å². The second-order valence-corrected chi connectivity index (χ2v) is 5.79. The molecule has 0 unspecified atom stereocenters. The van der Waals surface area contributed by atoms with Crippen molar-refractivity contribution in [3.05, 3.63) is 94.7 Å². The van der Waals surface area contributed by atoms with E-state index in [2.05, 4.69) is 0 Å². The van der Waals surface area contributed by atoms with E-state index in [-0.39, 0.29) is 5.78 Å². The van der Waals surface area contributed by atoms with Crippen molar-refractivity contribution in [3.63, 3.8) is 0 Å². The number of nitrogen functional groups attached to an aromatic ring is 1. The van der Waals surface area contributed by atoms with E-state index in [1.54, 1.807) is 48.6 Å². The van der Waals surface area contributed by atoms with Crippen LogP contribution in [0.25, 0.3) is 5.57 Å². The highest BCUT2D eigenvalue weighted by atomic mass is 16.5. The average Bonchev–Trinajstić information content (AvgIpc) is 2.65. The molecule has 2 aromatic carbocycles. The molecule has 0 fully saturated rings. The zero-order chi connectivity index (χ0) is 18.7. The third-order valence-electron chi connectivity index (χ3n) is 4.08. The summed E-state index contributed by atoms with van der Waals surface area (Å²) in [5, 5.41) is 0. The number of hydrogen-bond acceptors (Lipinski definition) is 5. The normalized spacial score (nSPS) is 15.4. The molecule has 0 heterocycles. The minimum Gasteiger partial charge on any atom is -0.465 e. The highest BCUT2D eigenvalue weighted by molar-refractivity contribution is 6.16. The second-order valence-electron chi connectivity index (χ2n) is 5.79. The summed E-state index contributed by atoms with van der Waals surface area (Å²) in [6.45, 7) is 0. The molecule has 4 N–H and O–H groups in total. The van der Waals surface area contributed by atoms with Crippen LogP contribution < -0.4 is 11.5 Å². The Morgan fingerprint density at radius 3 is 2.19 bits per heavy atom. The van der Waals surface area contributed by atoms with Crippen LogP contribution in [-0.4, -0.2) is 18.9 Å². The largest absolute Gasteiger partial charge is 0.465 e. The van der Waals surface area contributed by atoms with Crippen molar-refractivity contribution in [1.29, 1.82) is 0 Å². The Balaban J connectivity index is 2.31. The predicted octanol–water partition coefficient (Wildman–Crippen LogP) is 2.84. The lowest BCUT2D eigenvalue weighted by Crippen LogP contribution is -2.12. The van der Waals surface area contributed by atoms with Gasteiger partial charge in [0.1, 0.15) is 0 Å². The summed E-state index contributed by atoms with van der Waals surface area (Å²) in [6.07, 6.45) is 4.69. The number of carbonyl (C=O) groups excluding carboxylic acids is 2. The molecule has 0 radical (unpaired) electrons. The molecule has 2 aromatic rings. The monoisotopic (exact) mass is 346 g/mol. The number of anilines is 1. The molecule has 0 amide bonds. The van der Waals surface area contributed by atoms with Gasteiger partial charge in [0.15, 0.2) is 5.78 Å². The van der Waals surface area contributed by atoms with E-state index in [0.717, 1.165) is 5.56 Å². The molecule has 130 valence electrons. The van der Waals surface area contributed by atoms with Gasteiger partial charge in [0.05, 0.1) is 12.7 Å². The Labute approximate surface area is 151 Å². The average molecular weight is 346 g/mol. The quantitative estimate of drug-likeness (QED) is 0.506. The first-order valence-corrected chi connectivity index (χ1v) is 7.98. The Kier molecular flexibility index (Phi) is 4.71. The van der Waals surface area contributed by atoms with Crippen LogP contribution in [0.5, 0.6) is 0 Å². The third-order valence-corrected chi connectivity index (χ3v) is 4.08. The maximum atomic E-state index is 12.6. The zero-order valence-electron chi connectivity index (χ0n) is 14.2. The molecule has 0 aromatic heterocycles. The fourth-order valence-electron chi connectivity index (χ4n) is 2.84. The number of hydrogen-bond donors (Lipinski definition) is 2. The first-order chi connectivity index (χ1) is 12.5. The van der Waals surface area contributed by atoms with Gasteiger partial charge in [-0.25, -0.2) is 4.79 Å². The van der Waals surface area contributed by atoms with Gasteiger partial charge in [-0.2, -0.15) is 0 Å². The number of rotatable bonds is 3. The Hall–Kier alpha value is -3.60. The van der Waals surface area contributed by atoms with E-state index >= 15 is 0 Å². The molecule has 0 atom stereocenters. The Morgan fingerprint density at radius 2 is 1.58 bits per heavy atom. The van der Waals surface area contributed by atoms with E-state index in [1.807, 2.05) is 12.1 Å². The van der Waals surface area contributed by atoms with Crippen molar-refractivity contribution < 1.29 is 14.3 Å². The van der Waals surface area contributed by atoms with E-state index < -0.39 is 5.97 Å². The first-order valence-electron chi connectivity index (χ1n) is 7.98. The lowest BCUT2D eigenvalue weighted by Gasteiger charge is -2.17. The molecule has 3 rings (SSSR count). The zero-order valence-corrected chi connectivity index (χ0v) is 14.2. The van der Waals surface area contributed by atoms with Crippen LogP contribution in [0.1, 0.15) is 21.5 Å². The van der Waals surface area contributed by atoms with Gasteiger partial charge in [0.2, 0.25) is 0 Å². The van der Waals surface area contributed by atoms with Crippen molar-refractivity contribution in [3.8, 4) is 0 Å². The molecule has 0 bridgehead atoms. The fraction of sp³-hybridized carbons (Fsp3) is 0.0476. The van der Waals surface area contributed by atoms with Crippen LogP contribution in [0.4, 0.5) is 5.69 Å². The van der Waals surface area contributed by atoms with E-state index in [0.29, 0.717) is 33.7 Å². The number of allylic oxidation sites excluding steroid dienone is 4. The molecule has 5 nitrogen and oxygen atoms in total. The molecule has 5 heteroatoms. The van der Waals surface area contributed by atoms with Crippen LogP contribution in [-0.2, 0) is 9.53 Å². The van der Waals surface area contributed by atoms with Crippen LogP contribution in [0.3, 0.4) is 0 Å². The summed E-state index contributed by atoms with van der Waals surface area (Å²) in [5.41, 5.74) is 15.3. The van der Waals surface area contributed by atoms with Gasteiger partial charge in [-0.05, 0) is 41.5 Å². The van der Waals surface area contributed by atoms with Gasteiger partial charge in [-0.1, -0.05) is 30.3 Å². The summed E-state index contributed by atoms with van der Waals surface area (Å²) >= 11 is 0. The molecule has 0 saturated heterocycles. The Bertz CT molecular complexity index is 967. The summed E-state index contributed by atoms with van der Waals surface area (Å²) < 4.78 is 4.90. The van der Waals surface area contributed by atoms with Crippen molar-refractivity contribution in [2.24, 2.45) is 5.73 Å². The molecule has 0 saturated carbocycles. The van der Waals surface area contributed by atoms with Crippen LogP contribution >= 0.6 is 0 Å². The molecule has 0 aliphatic heterocycles. The maximum Gasteiger partial charge on any atom is 0.338 e. The molecule has 26 heavy (non-hydrogen) atoms. The fourth-order valence-corrected chi connectivity index (χ4v) is 2.84. The van der Waals surface area contributed by atoms with E-state index in [9.17, 15) is 9.59 Å². The summed E-state index contributed by atoms with van der Waals surface area (Å²) in [7, 11) is 1.32. The highest BCUT2D eigenvalue weighted by Gasteiger charge is 2.22. The van der Waals surface area contributed by atoms with Crippen LogP contribution in [0.15, 0.2) is 78.0 Å². The standard InChI is InChI=1S/C21H18N2O3/c1-26-21(25)17-5-3-2-4-16(17)20(13-6-8-14(22)9-7-13)18-11-10-15(23)12-19(18)24/h2-12H,22-23H2,1H3/b20-18+. The van der Waals surface area contributed by atoms with Crippen molar-refractivity contribution in [2.75, 3.05) is 12.8 Å². The maximum absolute atomic E-state index is 12.6. The van der Waals surface area contributed by atoms with Gasteiger partial charge in [-0.15, -0.1) is 0 Å². The van der Waals surface area contributed by atoms with Crippen LogP contribution in [0.2, 0.25) is 0 Å². The summed E-state index contributed by atoms with van der Waals surface area (Å²) in [6, 6.07) is 14.1. The number of benzene rings is 2. The molecule has 1 aliphatic carbocycles. The van der Waals surface area contributed by atoms with Crippen molar-refractivity contribution >= 4 is 23.0 Å². The molecule has 0 spiro atoms. The third kappa shape index (κ3) is 3.28. The number of esters is 1. The summed E-state index contributed by atoms with van der Waals surface area (Å²) in [4.78, 5) is 24.8. The predicted molar refractivity (Wildman–Crippen MR) is 101 cm³/mol. The number of ketones is 1. The van der Waals surface area contributed by atoms with Crippen LogP contribution in [0, 0.1) is 0 Å². The second kappa shape index (κ2) is 7.11. The number of ether oxygens (including phenoxy) is 1. The minimum absolute atomic E-state index is 0.225. The lowest BCUT2D eigenvalue weighted by atomic mass is 9.86. The minimum atomic E-state index is -0.476. The summed E-state index contributed by atoms with van der Waals surface area (Å²) in [5.74, 6) is -0.701. The van der Waals surface area contributed by atoms with Gasteiger partial charge in [0, 0.05) is 28.6 Å². The lowest BCUT2D eigenvalue weighted by molar-refractivity contribution is -0.111. The van der Waals surface area contributed by atoms with Gasteiger partial charge < -0.3 is 16.2 Å². The smallest absolute Gasteiger partial charge is 0.338 e. The van der Waals surface area contributed by atoms with E-state index in [1.165, 1.54) is 13.2 Å². The van der Waals surface area contributed by atoms with Crippen molar-refractivity contribution in [2.45, 2.75) is 0 Å². The molecular weight excluding hydrogens is 328 g/mol. The Morgan fingerprint density at radius 1 is 0.923 bits per heavy atom. The van der Waals surface area contributed by atoms with Crippen molar-refractivity contribution in [1.82, 2.24) is 0 Å². The van der Waals surface area contributed by atoms with E-state index in [4.69, 9.17) is 16.2 Å². The SMILES string of the molecule is COC(=O)c1ccccc1/C(=C1\C=CC(N)=CC1=O)c1ccc(N)cc1. The molecular formula is C21H18N2O3.